The molecule has 0 unspecified atom stereocenters. The van der Waals surface area contributed by atoms with Crippen LogP contribution in [0.2, 0.25) is 0 Å². The van der Waals surface area contributed by atoms with E-state index in [0.717, 1.165) is 35.4 Å². The van der Waals surface area contributed by atoms with Gasteiger partial charge in [0, 0.05) is 24.2 Å². The highest BCUT2D eigenvalue weighted by atomic mass is 15.1. The molecule has 0 aliphatic carbocycles. The number of nitrogen functional groups attached to an aromatic ring is 1. The molecule has 0 saturated carbocycles. The first kappa shape index (κ1) is 13.6. The van der Waals surface area contributed by atoms with Crippen LogP contribution in [0.5, 0.6) is 0 Å². The molecule has 0 radical (unpaired) electrons. The van der Waals surface area contributed by atoms with Gasteiger partial charge in [0.25, 0.3) is 0 Å². The first-order chi connectivity index (χ1) is 10.2. The van der Waals surface area contributed by atoms with Crippen LogP contribution in [0, 0.1) is 0 Å². The fourth-order valence-corrected chi connectivity index (χ4v) is 2.57. The molecule has 2 aromatic carbocycles. The second-order valence-electron chi connectivity index (χ2n) is 5.38. The lowest BCUT2D eigenvalue weighted by Crippen LogP contribution is -2.18. The van der Waals surface area contributed by atoms with Crippen LogP contribution in [0.4, 0.5) is 5.69 Å². The number of rotatable bonds is 4. The van der Waals surface area contributed by atoms with Crippen LogP contribution in [0.1, 0.15) is 11.3 Å². The van der Waals surface area contributed by atoms with Crippen LogP contribution in [0.25, 0.3) is 10.9 Å². The Morgan fingerprint density at radius 1 is 0.952 bits per heavy atom. The zero-order valence-corrected chi connectivity index (χ0v) is 12.2. The van der Waals surface area contributed by atoms with E-state index in [2.05, 4.69) is 36.2 Å². The smallest absolute Gasteiger partial charge is 0.0726 e. The van der Waals surface area contributed by atoms with Crippen LogP contribution < -0.4 is 5.73 Å². The fourth-order valence-electron chi connectivity index (χ4n) is 2.57. The Bertz CT molecular complexity index is 738. The fraction of sp³-hybridized carbons (Fsp3) is 0.167. The van der Waals surface area contributed by atoms with E-state index in [9.17, 15) is 0 Å². The largest absolute Gasteiger partial charge is 0.398 e. The van der Waals surface area contributed by atoms with Crippen molar-refractivity contribution in [2.75, 3.05) is 12.8 Å². The maximum absolute atomic E-state index is 6.13. The van der Waals surface area contributed by atoms with Crippen molar-refractivity contribution < 1.29 is 0 Å². The lowest BCUT2D eigenvalue weighted by atomic mass is 10.1. The molecule has 0 saturated heterocycles. The van der Waals surface area contributed by atoms with Crippen molar-refractivity contribution in [1.29, 1.82) is 0 Å². The Morgan fingerprint density at radius 3 is 2.48 bits per heavy atom. The van der Waals surface area contributed by atoms with Crippen molar-refractivity contribution in [3.8, 4) is 0 Å². The van der Waals surface area contributed by atoms with E-state index >= 15 is 0 Å². The summed E-state index contributed by atoms with van der Waals surface area (Å²) in [6.07, 6.45) is 0. The summed E-state index contributed by atoms with van der Waals surface area (Å²) < 4.78 is 0. The summed E-state index contributed by atoms with van der Waals surface area (Å²) in [5.74, 6) is 0. The van der Waals surface area contributed by atoms with Crippen molar-refractivity contribution in [1.82, 2.24) is 9.88 Å². The van der Waals surface area contributed by atoms with Gasteiger partial charge >= 0.3 is 0 Å². The molecule has 0 bridgehead atoms. The molecule has 1 aromatic heterocycles. The highest BCUT2D eigenvalue weighted by Crippen LogP contribution is 2.20. The first-order valence-corrected chi connectivity index (χ1v) is 7.09. The Labute approximate surface area is 125 Å². The number of nitrogens with two attached hydrogens (primary N) is 1. The quantitative estimate of drug-likeness (QED) is 0.794. The van der Waals surface area contributed by atoms with Gasteiger partial charge in [0.15, 0.2) is 0 Å². The number of benzene rings is 2. The summed E-state index contributed by atoms with van der Waals surface area (Å²) in [5, 5.41) is 1.02. The molecule has 3 nitrogen and oxygen atoms in total. The van der Waals surface area contributed by atoms with Crippen molar-refractivity contribution in [3.63, 3.8) is 0 Å². The lowest BCUT2D eigenvalue weighted by Gasteiger charge is -2.17. The minimum atomic E-state index is 0.782. The number of hydrogen-bond acceptors (Lipinski definition) is 3. The summed E-state index contributed by atoms with van der Waals surface area (Å²) in [6, 6.07) is 20.4. The van der Waals surface area contributed by atoms with E-state index in [4.69, 9.17) is 10.7 Å². The Hall–Kier alpha value is -2.39. The highest BCUT2D eigenvalue weighted by Gasteiger charge is 2.06. The zero-order chi connectivity index (χ0) is 14.7. The van der Waals surface area contributed by atoms with E-state index < -0.39 is 0 Å². The standard InChI is InChI=1S/C18H19N3/c1-21(12-14-7-3-2-4-8-14)13-15-11-17(19)16-9-5-6-10-18(16)20-15/h2-11H,12-13H2,1H3,(H2,19,20). The third-order valence-electron chi connectivity index (χ3n) is 3.53. The van der Waals surface area contributed by atoms with Crippen molar-refractivity contribution >= 4 is 16.6 Å². The topological polar surface area (TPSA) is 42.1 Å². The molecular weight excluding hydrogens is 258 g/mol. The molecular formula is C18H19N3. The molecule has 21 heavy (non-hydrogen) atoms. The molecule has 3 heteroatoms. The molecule has 0 amide bonds. The van der Waals surface area contributed by atoms with Gasteiger partial charge < -0.3 is 5.73 Å². The molecule has 2 N–H and O–H groups in total. The van der Waals surface area contributed by atoms with Crippen molar-refractivity contribution in [2.45, 2.75) is 13.1 Å². The number of aromatic nitrogens is 1. The second kappa shape index (κ2) is 5.94. The molecule has 3 rings (SSSR count). The van der Waals surface area contributed by atoms with Gasteiger partial charge in [0.2, 0.25) is 0 Å². The summed E-state index contributed by atoms with van der Waals surface area (Å²) >= 11 is 0. The van der Waals surface area contributed by atoms with E-state index in [1.54, 1.807) is 0 Å². The van der Waals surface area contributed by atoms with Gasteiger partial charge in [0.05, 0.1) is 11.2 Å². The van der Waals surface area contributed by atoms with Crippen molar-refractivity contribution in [2.24, 2.45) is 0 Å². The van der Waals surface area contributed by atoms with Gasteiger partial charge in [-0.05, 0) is 24.7 Å². The summed E-state index contributed by atoms with van der Waals surface area (Å²) in [4.78, 5) is 6.94. The van der Waals surface area contributed by atoms with Crippen LogP contribution in [0.15, 0.2) is 60.7 Å². The van der Waals surface area contributed by atoms with Crippen LogP contribution in [0.3, 0.4) is 0 Å². The third-order valence-corrected chi connectivity index (χ3v) is 3.53. The average Bonchev–Trinajstić information content (AvgIpc) is 2.48. The predicted molar refractivity (Wildman–Crippen MR) is 87.8 cm³/mol. The minimum absolute atomic E-state index is 0.782. The summed E-state index contributed by atoms with van der Waals surface area (Å²) in [5.41, 5.74) is 10.2. The molecule has 0 atom stereocenters. The van der Waals surface area contributed by atoms with E-state index in [1.165, 1.54) is 5.56 Å². The normalized spacial score (nSPS) is 11.1. The number of anilines is 1. The third kappa shape index (κ3) is 3.20. The van der Waals surface area contributed by atoms with Gasteiger partial charge in [-0.15, -0.1) is 0 Å². The highest BCUT2D eigenvalue weighted by molar-refractivity contribution is 5.90. The molecule has 0 aliphatic heterocycles. The van der Waals surface area contributed by atoms with Gasteiger partial charge in [-0.3, -0.25) is 9.88 Å². The summed E-state index contributed by atoms with van der Waals surface area (Å²) in [7, 11) is 2.10. The number of nitrogens with zero attached hydrogens (tertiary/aromatic N) is 2. The number of pyridine rings is 1. The molecule has 0 aliphatic rings. The maximum Gasteiger partial charge on any atom is 0.0726 e. The summed E-state index contributed by atoms with van der Waals surface area (Å²) in [6.45, 7) is 1.68. The van der Waals surface area contributed by atoms with Gasteiger partial charge in [0.1, 0.15) is 0 Å². The Kier molecular flexibility index (Phi) is 3.84. The Balaban J connectivity index is 1.78. The van der Waals surface area contributed by atoms with E-state index in [0.29, 0.717) is 0 Å². The minimum Gasteiger partial charge on any atom is -0.398 e. The maximum atomic E-state index is 6.13. The number of fused-ring (bicyclic) bond motifs is 1. The first-order valence-electron chi connectivity index (χ1n) is 7.09. The van der Waals surface area contributed by atoms with Crippen molar-refractivity contribution in [3.05, 3.63) is 71.9 Å². The number of hydrogen-bond donors (Lipinski definition) is 1. The van der Waals surface area contributed by atoms with Crippen LogP contribution in [-0.2, 0) is 13.1 Å². The van der Waals surface area contributed by atoms with Crippen LogP contribution >= 0.6 is 0 Å². The SMILES string of the molecule is CN(Cc1ccccc1)Cc1cc(N)c2ccccc2n1. The van der Waals surface area contributed by atoms with Gasteiger partial charge in [-0.25, -0.2) is 0 Å². The van der Waals surface area contributed by atoms with Gasteiger partial charge in [-0.1, -0.05) is 48.5 Å². The predicted octanol–water partition coefficient (Wildman–Crippen LogP) is 3.45. The molecule has 3 aromatic rings. The molecule has 0 spiro atoms. The monoisotopic (exact) mass is 277 g/mol. The van der Waals surface area contributed by atoms with Crippen LogP contribution in [-0.4, -0.2) is 16.9 Å². The number of para-hydroxylation sites is 1. The second-order valence-corrected chi connectivity index (χ2v) is 5.38. The van der Waals surface area contributed by atoms with Gasteiger partial charge in [-0.2, -0.15) is 0 Å². The average molecular weight is 277 g/mol. The molecule has 0 fully saturated rings. The van der Waals surface area contributed by atoms with E-state index in [-0.39, 0.29) is 0 Å². The van der Waals surface area contributed by atoms with E-state index in [1.807, 2.05) is 36.4 Å². The Morgan fingerprint density at radius 2 is 1.67 bits per heavy atom. The lowest BCUT2D eigenvalue weighted by molar-refractivity contribution is 0.315. The molecule has 1 heterocycles. The molecule has 106 valence electrons. The zero-order valence-electron chi connectivity index (χ0n) is 12.2.